The summed E-state index contributed by atoms with van der Waals surface area (Å²) >= 11 is 0. The van der Waals surface area contributed by atoms with Gasteiger partial charge in [0.25, 0.3) is 0 Å². The van der Waals surface area contributed by atoms with Gasteiger partial charge < -0.3 is 5.73 Å². The van der Waals surface area contributed by atoms with Crippen LogP contribution in [0.5, 0.6) is 0 Å². The van der Waals surface area contributed by atoms with Gasteiger partial charge in [-0.05, 0) is 31.6 Å². The van der Waals surface area contributed by atoms with Gasteiger partial charge in [-0.1, -0.05) is 26.2 Å². The van der Waals surface area contributed by atoms with Gasteiger partial charge in [-0.25, -0.2) is 0 Å². The average Bonchev–Trinajstić information content (AvgIpc) is 2.05. The molecule has 3 atom stereocenters. The van der Waals surface area contributed by atoms with E-state index in [4.69, 9.17) is 5.73 Å². The molecule has 0 heterocycles. The van der Waals surface area contributed by atoms with Crippen molar-refractivity contribution in [3.05, 3.63) is 0 Å². The Hall–Kier alpha value is -0.0400. The van der Waals surface area contributed by atoms with Gasteiger partial charge in [-0.2, -0.15) is 0 Å². The van der Waals surface area contributed by atoms with Gasteiger partial charge in [0.15, 0.2) is 0 Å². The van der Waals surface area contributed by atoms with Crippen LogP contribution in [0.25, 0.3) is 0 Å². The van der Waals surface area contributed by atoms with E-state index in [-0.39, 0.29) is 0 Å². The van der Waals surface area contributed by atoms with Gasteiger partial charge in [0.05, 0.1) is 0 Å². The lowest BCUT2D eigenvalue weighted by molar-refractivity contribution is 0.236. The summed E-state index contributed by atoms with van der Waals surface area (Å²) in [5.41, 5.74) is 5.88. The molecule has 1 saturated carbocycles. The van der Waals surface area contributed by atoms with E-state index in [1.807, 2.05) is 0 Å². The number of hydrogen-bond donors (Lipinski definition) is 1. The van der Waals surface area contributed by atoms with Crippen molar-refractivity contribution in [2.45, 2.75) is 52.0 Å². The molecule has 0 aromatic heterocycles. The Kier molecular flexibility index (Phi) is 3.38. The monoisotopic (exact) mass is 155 g/mol. The Morgan fingerprint density at radius 1 is 1.45 bits per heavy atom. The molecular weight excluding hydrogens is 134 g/mol. The second kappa shape index (κ2) is 4.10. The highest BCUT2D eigenvalue weighted by Gasteiger charge is 2.22. The van der Waals surface area contributed by atoms with E-state index >= 15 is 0 Å². The van der Waals surface area contributed by atoms with E-state index < -0.39 is 0 Å². The Bertz CT molecular complexity index is 109. The predicted octanol–water partition coefficient (Wildman–Crippen LogP) is 2.55. The fourth-order valence-corrected chi connectivity index (χ4v) is 2.18. The van der Waals surface area contributed by atoms with Crippen molar-refractivity contribution >= 4 is 0 Å². The Labute approximate surface area is 70.4 Å². The van der Waals surface area contributed by atoms with Crippen LogP contribution in [0.3, 0.4) is 0 Å². The first-order valence-electron chi connectivity index (χ1n) is 4.99. The summed E-state index contributed by atoms with van der Waals surface area (Å²) in [4.78, 5) is 0. The molecular formula is C10H21N. The van der Waals surface area contributed by atoms with Gasteiger partial charge in [-0.15, -0.1) is 0 Å². The van der Waals surface area contributed by atoms with Crippen LogP contribution in [0.2, 0.25) is 0 Å². The third-order valence-corrected chi connectivity index (χ3v) is 3.14. The van der Waals surface area contributed by atoms with E-state index in [1.54, 1.807) is 0 Å². The minimum Gasteiger partial charge on any atom is -0.328 e. The highest BCUT2D eigenvalue weighted by molar-refractivity contribution is 4.77. The van der Waals surface area contributed by atoms with Gasteiger partial charge in [-0.3, -0.25) is 0 Å². The minimum atomic E-state index is 0.421. The van der Waals surface area contributed by atoms with Crippen LogP contribution in [0.15, 0.2) is 0 Å². The molecule has 1 aliphatic rings. The number of nitrogens with two attached hydrogens (primary N) is 1. The van der Waals surface area contributed by atoms with Gasteiger partial charge >= 0.3 is 0 Å². The molecule has 1 nitrogen and oxygen atoms in total. The van der Waals surface area contributed by atoms with Crippen LogP contribution in [-0.2, 0) is 0 Å². The molecule has 1 unspecified atom stereocenters. The molecule has 0 radical (unpaired) electrons. The molecule has 0 amide bonds. The van der Waals surface area contributed by atoms with Crippen LogP contribution in [0, 0.1) is 11.8 Å². The molecule has 1 fully saturated rings. The van der Waals surface area contributed by atoms with Gasteiger partial charge in [0, 0.05) is 6.04 Å². The standard InChI is InChI=1S/C10H21N/c1-3-9-5-4-6-10(7-9)8(2)11/h8-10H,3-7,11H2,1-2H3/t8?,9-,10+/m0/s1. The summed E-state index contributed by atoms with van der Waals surface area (Å²) in [6.07, 6.45) is 6.95. The Morgan fingerprint density at radius 2 is 2.18 bits per heavy atom. The molecule has 11 heavy (non-hydrogen) atoms. The highest BCUT2D eigenvalue weighted by atomic mass is 14.6. The topological polar surface area (TPSA) is 26.0 Å². The first-order valence-corrected chi connectivity index (χ1v) is 4.99. The zero-order valence-electron chi connectivity index (χ0n) is 7.84. The SMILES string of the molecule is CC[C@H]1CCC[C@@H](C(C)N)C1. The lowest BCUT2D eigenvalue weighted by Gasteiger charge is -2.30. The molecule has 1 rings (SSSR count). The van der Waals surface area contributed by atoms with E-state index in [0.717, 1.165) is 11.8 Å². The number of rotatable bonds is 2. The third-order valence-electron chi connectivity index (χ3n) is 3.14. The molecule has 0 aliphatic heterocycles. The Morgan fingerprint density at radius 3 is 2.73 bits per heavy atom. The summed E-state index contributed by atoms with van der Waals surface area (Å²) in [5, 5.41) is 0. The summed E-state index contributed by atoms with van der Waals surface area (Å²) in [5.74, 6) is 1.79. The summed E-state index contributed by atoms with van der Waals surface area (Å²) in [6.45, 7) is 4.46. The Balaban J connectivity index is 2.33. The highest BCUT2D eigenvalue weighted by Crippen LogP contribution is 2.31. The molecule has 0 aromatic carbocycles. The summed E-state index contributed by atoms with van der Waals surface area (Å²) in [7, 11) is 0. The van der Waals surface area contributed by atoms with E-state index in [0.29, 0.717) is 6.04 Å². The van der Waals surface area contributed by atoms with Crippen molar-refractivity contribution in [3.63, 3.8) is 0 Å². The number of hydrogen-bond acceptors (Lipinski definition) is 1. The van der Waals surface area contributed by atoms with Crippen molar-refractivity contribution in [3.8, 4) is 0 Å². The van der Waals surface area contributed by atoms with E-state index in [1.165, 1.54) is 32.1 Å². The first-order chi connectivity index (χ1) is 5.24. The molecule has 0 bridgehead atoms. The summed E-state index contributed by atoms with van der Waals surface area (Å²) in [6, 6.07) is 0.421. The maximum absolute atomic E-state index is 5.88. The second-order valence-corrected chi connectivity index (χ2v) is 4.06. The third kappa shape index (κ3) is 2.48. The largest absolute Gasteiger partial charge is 0.328 e. The molecule has 66 valence electrons. The molecule has 1 heteroatoms. The molecule has 0 aromatic rings. The predicted molar refractivity (Wildman–Crippen MR) is 49.4 cm³/mol. The smallest absolute Gasteiger partial charge is 0.00388 e. The maximum atomic E-state index is 5.88. The lowest BCUT2D eigenvalue weighted by atomic mass is 9.77. The van der Waals surface area contributed by atoms with Crippen molar-refractivity contribution < 1.29 is 0 Å². The van der Waals surface area contributed by atoms with E-state index in [2.05, 4.69) is 13.8 Å². The normalized spacial score (nSPS) is 35.2. The van der Waals surface area contributed by atoms with Crippen LogP contribution in [0.1, 0.15) is 46.0 Å². The van der Waals surface area contributed by atoms with Crippen molar-refractivity contribution in [1.82, 2.24) is 0 Å². The van der Waals surface area contributed by atoms with Crippen LogP contribution in [0.4, 0.5) is 0 Å². The van der Waals surface area contributed by atoms with Gasteiger partial charge in [0.2, 0.25) is 0 Å². The van der Waals surface area contributed by atoms with Gasteiger partial charge in [0.1, 0.15) is 0 Å². The average molecular weight is 155 g/mol. The van der Waals surface area contributed by atoms with Crippen LogP contribution < -0.4 is 5.73 Å². The molecule has 2 N–H and O–H groups in total. The zero-order valence-corrected chi connectivity index (χ0v) is 7.84. The fraction of sp³-hybridized carbons (Fsp3) is 1.00. The first kappa shape index (κ1) is 9.05. The fourth-order valence-electron chi connectivity index (χ4n) is 2.18. The minimum absolute atomic E-state index is 0.421. The zero-order chi connectivity index (χ0) is 8.27. The quantitative estimate of drug-likeness (QED) is 0.651. The van der Waals surface area contributed by atoms with Crippen molar-refractivity contribution in [2.75, 3.05) is 0 Å². The molecule has 0 spiro atoms. The van der Waals surface area contributed by atoms with Crippen molar-refractivity contribution in [1.29, 1.82) is 0 Å². The maximum Gasteiger partial charge on any atom is 0.00388 e. The second-order valence-electron chi connectivity index (χ2n) is 4.06. The lowest BCUT2D eigenvalue weighted by Crippen LogP contribution is -2.30. The van der Waals surface area contributed by atoms with Crippen molar-refractivity contribution in [2.24, 2.45) is 17.6 Å². The van der Waals surface area contributed by atoms with Crippen LogP contribution in [-0.4, -0.2) is 6.04 Å². The van der Waals surface area contributed by atoms with Crippen LogP contribution >= 0.6 is 0 Å². The van der Waals surface area contributed by atoms with E-state index in [9.17, 15) is 0 Å². The molecule has 1 aliphatic carbocycles. The molecule has 0 saturated heterocycles. The summed E-state index contributed by atoms with van der Waals surface area (Å²) < 4.78 is 0.